The van der Waals surface area contributed by atoms with Crippen LogP contribution in [0.3, 0.4) is 0 Å². The van der Waals surface area contributed by atoms with Crippen molar-refractivity contribution in [3.63, 3.8) is 0 Å². The van der Waals surface area contributed by atoms with E-state index >= 15 is 0 Å². The van der Waals surface area contributed by atoms with Crippen molar-refractivity contribution in [3.05, 3.63) is 30.2 Å². The van der Waals surface area contributed by atoms with Crippen LogP contribution in [-0.2, 0) is 6.54 Å². The third-order valence-corrected chi connectivity index (χ3v) is 2.89. The van der Waals surface area contributed by atoms with E-state index in [4.69, 9.17) is 5.73 Å². The average Bonchev–Trinajstić information content (AvgIpc) is 2.68. The van der Waals surface area contributed by atoms with Crippen LogP contribution in [0.4, 0.5) is 5.69 Å². The molecule has 2 aromatic heterocycles. The van der Waals surface area contributed by atoms with E-state index in [1.165, 1.54) is 5.69 Å². The lowest BCUT2D eigenvalue weighted by Gasteiger charge is -2.17. The van der Waals surface area contributed by atoms with Gasteiger partial charge in [0.1, 0.15) is 5.65 Å². The summed E-state index contributed by atoms with van der Waals surface area (Å²) in [4.78, 5) is 6.72. The number of hydrogen-bond donors (Lipinski definition) is 1. The van der Waals surface area contributed by atoms with Crippen molar-refractivity contribution >= 4 is 11.3 Å². The van der Waals surface area contributed by atoms with Crippen LogP contribution in [0.2, 0.25) is 0 Å². The molecule has 4 heteroatoms. The number of imidazole rings is 1. The first kappa shape index (κ1) is 11.0. The van der Waals surface area contributed by atoms with Crippen LogP contribution in [0, 0.1) is 0 Å². The Bertz CT molecular complexity index is 471. The SMILES string of the molecule is CCN(CC)Cc1cnc2ccc(N)cn12. The highest BCUT2D eigenvalue weighted by Gasteiger charge is 2.06. The van der Waals surface area contributed by atoms with Gasteiger partial charge in [0.25, 0.3) is 0 Å². The minimum absolute atomic E-state index is 0.770. The molecule has 0 fully saturated rings. The van der Waals surface area contributed by atoms with Crippen LogP contribution in [-0.4, -0.2) is 27.4 Å². The number of nitrogens with two attached hydrogens (primary N) is 1. The zero-order valence-corrected chi connectivity index (χ0v) is 9.85. The van der Waals surface area contributed by atoms with E-state index in [9.17, 15) is 0 Å². The van der Waals surface area contributed by atoms with Gasteiger partial charge in [-0.25, -0.2) is 4.98 Å². The van der Waals surface area contributed by atoms with Gasteiger partial charge in [-0.2, -0.15) is 0 Å². The predicted octanol–water partition coefficient (Wildman–Crippen LogP) is 1.76. The Morgan fingerprint density at radius 1 is 1.31 bits per heavy atom. The number of anilines is 1. The van der Waals surface area contributed by atoms with E-state index in [0.29, 0.717) is 0 Å². The van der Waals surface area contributed by atoms with Crippen molar-refractivity contribution in [3.8, 4) is 0 Å². The minimum Gasteiger partial charge on any atom is -0.398 e. The fourth-order valence-corrected chi connectivity index (χ4v) is 1.84. The van der Waals surface area contributed by atoms with E-state index in [2.05, 4.69) is 28.1 Å². The standard InChI is InChI=1S/C12H18N4/c1-3-15(4-2)9-11-7-14-12-6-5-10(13)8-16(11)12/h5-8H,3-4,9,13H2,1-2H3. The molecule has 2 heterocycles. The molecule has 0 aliphatic heterocycles. The molecule has 0 aliphatic rings. The molecular formula is C12H18N4. The first-order valence-electron chi connectivity index (χ1n) is 5.68. The molecule has 0 radical (unpaired) electrons. The van der Waals surface area contributed by atoms with E-state index in [1.54, 1.807) is 0 Å². The fraction of sp³-hybridized carbons (Fsp3) is 0.417. The fourth-order valence-electron chi connectivity index (χ4n) is 1.84. The second-order valence-electron chi connectivity index (χ2n) is 3.90. The minimum atomic E-state index is 0.770. The third-order valence-electron chi connectivity index (χ3n) is 2.89. The van der Waals surface area contributed by atoms with E-state index in [0.717, 1.165) is 31.0 Å². The number of aromatic nitrogens is 2. The summed E-state index contributed by atoms with van der Waals surface area (Å²) in [5.74, 6) is 0. The van der Waals surface area contributed by atoms with Gasteiger partial charge in [0, 0.05) is 18.4 Å². The summed E-state index contributed by atoms with van der Waals surface area (Å²) >= 11 is 0. The van der Waals surface area contributed by atoms with Crippen LogP contribution in [0.5, 0.6) is 0 Å². The number of rotatable bonds is 4. The maximum Gasteiger partial charge on any atom is 0.137 e. The van der Waals surface area contributed by atoms with Gasteiger partial charge in [-0.05, 0) is 25.2 Å². The van der Waals surface area contributed by atoms with E-state index in [-0.39, 0.29) is 0 Å². The number of nitrogen functional groups attached to an aromatic ring is 1. The zero-order chi connectivity index (χ0) is 11.5. The molecule has 0 spiro atoms. The maximum atomic E-state index is 5.79. The molecule has 2 N–H and O–H groups in total. The van der Waals surface area contributed by atoms with Crippen molar-refractivity contribution in [1.82, 2.24) is 14.3 Å². The molecule has 0 amide bonds. The van der Waals surface area contributed by atoms with Gasteiger partial charge in [0.05, 0.1) is 11.9 Å². The first-order chi connectivity index (χ1) is 7.74. The molecule has 4 nitrogen and oxygen atoms in total. The Morgan fingerprint density at radius 2 is 2.06 bits per heavy atom. The molecule has 86 valence electrons. The molecule has 0 aliphatic carbocycles. The highest BCUT2D eigenvalue weighted by atomic mass is 15.1. The van der Waals surface area contributed by atoms with Crippen LogP contribution in [0.25, 0.3) is 5.65 Å². The second kappa shape index (κ2) is 4.53. The Kier molecular flexibility index (Phi) is 3.10. The normalized spacial score (nSPS) is 11.4. The van der Waals surface area contributed by atoms with Crippen LogP contribution in [0.1, 0.15) is 19.5 Å². The summed E-state index contributed by atoms with van der Waals surface area (Å²) in [5.41, 5.74) is 8.70. The molecule has 2 aromatic rings. The van der Waals surface area contributed by atoms with Gasteiger partial charge >= 0.3 is 0 Å². The van der Waals surface area contributed by atoms with Gasteiger partial charge in [0.15, 0.2) is 0 Å². The summed E-state index contributed by atoms with van der Waals surface area (Å²) in [6, 6.07) is 3.82. The first-order valence-corrected chi connectivity index (χ1v) is 5.68. The quantitative estimate of drug-likeness (QED) is 0.850. The smallest absolute Gasteiger partial charge is 0.137 e. The third kappa shape index (κ3) is 2.02. The summed E-state index contributed by atoms with van der Waals surface area (Å²) in [6.45, 7) is 7.35. The van der Waals surface area contributed by atoms with Crippen LogP contribution < -0.4 is 5.73 Å². The maximum absolute atomic E-state index is 5.79. The molecular weight excluding hydrogens is 200 g/mol. The predicted molar refractivity (Wildman–Crippen MR) is 66.2 cm³/mol. The van der Waals surface area contributed by atoms with Gasteiger partial charge in [-0.1, -0.05) is 13.8 Å². The molecule has 0 aromatic carbocycles. The molecule has 2 rings (SSSR count). The highest BCUT2D eigenvalue weighted by molar-refractivity contribution is 5.48. The Hall–Kier alpha value is -1.55. The highest BCUT2D eigenvalue weighted by Crippen LogP contribution is 2.12. The molecule has 0 saturated heterocycles. The Balaban J connectivity index is 2.33. The van der Waals surface area contributed by atoms with Crippen molar-refractivity contribution in [2.45, 2.75) is 20.4 Å². The van der Waals surface area contributed by atoms with Gasteiger partial charge < -0.3 is 10.1 Å². The zero-order valence-electron chi connectivity index (χ0n) is 9.85. The van der Waals surface area contributed by atoms with Gasteiger partial charge in [0.2, 0.25) is 0 Å². The number of nitrogens with zero attached hydrogens (tertiary/aromatic N) is 3. The number of fused-ring (bicyclic) bond motifs is 1. The lowest BCUT2D eigenvalue weighted by atomic mass is 10.3. The second-order valence-corrected chi connectivity index (χ2v) is 3.90. The van der Waals surface area contributed by atoms with Gasteiger partial charge in [-0.15, -0.1) is 0 Å². The Labute approximate surface area is 95.7 Å². The summed E-state index contributed by atoms with van der Waals surface area (Å²) in [6.07, 6.45) is 3.86. The van der Waals surface area contributed by atoms with Crippen molar-refractivity contribution in [2.24, 2.45) is 0 Å². The van der Waals surface area contributed by atoms with Gasteiger partial charge in [-0.3, -0.25) is 4.90 Å². The molecule has 0 atom stereocenters. The van der Waals surface area contributed by atoms with Crippen molar-refractivity contribution in [1.29, 1.82) is 0 Å². The Morgan fingerprint density at radius 3 is 2.75 bits per heavy atom. The largest absolute Gasteiger partial charge is 0.398 e. The summed E-state index contributed by atoms with van der Waals surface area (Å²) < 4.78 is 2.06. The molecule has 16 heavy (non-hydrogen) atoms. The molecule has 0 saturated carbocycles. The van der Waals surface area contributed by atoms with Crippen LogP contribution >= 0.6 is 0 Å². The topological polar surface area (TPSA) is 46.6 Å². The molecule has 0 bridgehead atoms. The van der Waals surface area contributed by atoms with E-state index in [1.807, 2.05) is 24.5 Å². The average molecular weight is 218 g/mol. The lowest BCUT2D eigenvalue weighted by Crippen LogP contribution is -2.22. The summed E-state index contributed by atoms with van der Waals surface area (Å²) in [5, 5.41) is 0. The lowest BCUT2D eigenvalue weighted by molar-refractivity contribution is 0.291. The number of hydrogen-bond acceptors (Lipinski definition) is 3. The molecule has 0 unspecified atom stereocenters. The van der Waals surface area contributed by atoms with Crippen LogP contribution in [0.15, 0.2) is 24.5 Å². The van der Waals surface area contributed by atoms with Crippen molar-refractivity contribution in [2.75, 3.05) is 18.8 Å². The van der Waals surface area contributed by atoms with Crippen molar-refractivity contribution < 1.29 is 0 Å². The summed E-state index contributed by atoms with van der Waals surface area (Å²) in [7, 11) is 0. The number of pyridine rings is 1. The monoisotopic (exact) mass is 218 g/mol. The van der Waals surface area contributed by atoms with E-state index < -0.39 is 0 Å².